The van der Waals surface area contributed by atoms with Gasteiger partial charge in [0.15, 0.2) is 0 Å². The molecule has 2 aromatic rings. The van der Waals surface area contributed by atoms with Gasteiger partial charge in [-0.2, -0.15) is 13.2 Å². The highest BCUT2D eigenvalue weighted by Gasteiger charge is 2.27. The second kappa shape index (κ2) is 5.40. The van der Waals surface area contributed by atoms with Gasteiger partial charge in [-0.1, -0.05) is 0 Å². The van der Waals surface area contributed by atoms with E-state index in [1.165, 1.54) is 0 Å². The minimum absolute atomic E-state index is 0.0599. The lowest BCUT2D eigenvalue weighted by molar-refractivity contribution is -0.122. The highest BCUT2D eigenvalue weighted by atomic mass is 19.4. The van der Waals surface area contributed by atoms with Crippen molar-refractivity contribution in [2.75, 3.05) is 6.54 Å². The summed E-state index contributed by atoms with van der Waals surface area (Å²) in [6, 6.07) is 2.89. The minimum Gasteiger partial charge on any atom is -0.332 e. The van der Waals surface area contributed by atoms with Crippen molar-refractivity contribution in [3.8, 4) is 0 Å². The van der Waals surface area contributed by atoms with Crippen molar-refractivity contribution in [1.82, 2.24) is 20.0 Å². The average molecular weight is 286 g/mol. The van der Waals surface area contributed by atoms with Crippen molar-refractivity contribution in [2.24, 2.45) is 0 Å². The second-order valence-electron chi connectivity index (χ2n) is 4.35. The van der Waals surface area contributed by atoms with Gasteiger partial charge in [-0.15, -0.1) is 0 Å². The van der Waals surface area contributed by atoms with Gasteiger partial charge in [0.25, 0.3) is 0 Å². The third kappa shape index (κ3) is 3.87. The monoisotopic (exact) mass is 286 g/mol. The smallest absolute Gasteiger partial charge is 0.332 e. The number of pyridine rings is 1. The molecule has 0 fully saturated rings. The number of nitrogens with one attached hydrogen (secondary N) is 2. The van der Waals surface area contributed by atoms with E-state index in [2.05, 4.69) is 10.3 Å². The Morgan fingerprint density at radius 3 is 2.85 bits per heavy atom. The molecule has 5 nitrogen and oxygen atoms in total. The molecule has 2 heterocycles. The topological polar surface area (TPSA) is 58.4 Å². The van der Waals surface area contributed by atoms with E-state index in [-0.39, 0.29) is 6.54 Å². The van der Waals surface area contributed by atoms with E-state index in [0.29, 0.717) is 5.69 Å². The van der Waals surface area contributed by atoms with Crippen molar-refractivity contribution < 1.29 is 18.0 Å². The number of alkyl halides is 3. The van der Waals surface area contributed by atoms with E-state index in [4.69, 9.17) is 0 Å². The zero-order valence-corrected chi connectivity index (χ0v) is 10.7. The fraction of sp³-hybridized carbons (Fsp3) is 0.333. The molecule has 0 aromatic carbocycles. The Morgan fingerprint density at radius 2 is 2.15 bits per heavy atom. The Balaban J connectivity index is 1.91. The van der Waals surface area contributed by atoms with Crippen LogP contribution in [0, 0.1) is 6.92 Å². The van der Waals surface area contributed by atoms with Crippen LogP contribution in [-0.4, -0.2) is 28.1 Å². The summed E-state index contributed by atoms with van der Waals surface area (Å²) in [6.07, 6.45) is -0.887. The van der Waals surface area contributed by atoms with Gasteiger partial charge in [0.05, 0.1) is 12.2 Å². The fourth-order valence-electron chi connectivity index (χ4n) is 1.64. The van der Waals surface area contributed by atoms with Crippen molar-refractivity contribution in [3.05, 3.63) is 35.8 Å². The number of hydrogen-bond acceptors (Lipinski definition) is 2. The number of hydrogen-bond donors (Lipinski definition) is 2. The Hall–Kier alpha value is -2.25. The number of halogens is 3. The zero-order valence-electron chi connectivity index (χ0n) is 10.7. The SMILES string of the molecule is Cc1ccn2cc(CNC(=O)NCC(F)(F)F)nc2c1. The summed E-state index contributed by atoms with van der Waals surface area (Å²) >= 11 is 0. The van der Waals surface area contributed by atoms with E-state index >= 15 is 0 Å². The molecule has 0 bridgehead atoms. The number of carbonyl (C=O) groups excluding carboxylic acids is 1. The van der Waals surface area contributed by atoms with Crippen molar-refractivity contribution >= 4 is 11.7 Å². The first kappa shape index (κ1) is 14.2. The van der Waals surface area contributed by atoms with E-state index < -0.39 is 18.8 Å². The Kier molecular flexibility index (Phi) is 3.82. The number of aryl methyl sites for hydroxylation is 1. The molecule has 108 valence electrons. The molecular formula is C12H13F3N4O. The lowest BCUT2D eigenvalue weighted by atomic mass is 10.3. The maximum Gasteiger partial charge on any atom is 0.405 e. The lowest BCUT2D eigenvalue weighted by Crippen LogP contribution is -2.40. The molecule has 2 N–H and O–H groups in total. The summed E-state index contributed by atoms with van der Waals surface area (Å²) in [4.78, 5) is 15.4. The van der Waals surface area contributed by atoms with Crippen LogP contribution in [0.5, 0.6) is 0 Å². The molecule has 0 aliphatic heterocycles. The molecule has 0 unspecified atom stereocenters. The van der Waals surface area contributed by atoms with Crippen LogP contribution in [0.15, 0.2) is 24.5 Å². The van der Waals surface area contributed by atoms with Crippen LogP contribution < -0.4 is 10.6 Å². The minimum atomic E-state index is -4.42. The maximum atomic E-state index is 11.9. The van der Waals surface area contributed by atoms with Crippen molar-refractivity contribution in [2.45, 2.75) is 19.6 Å². The first-order valence-corrected chi connectivity index (χ1v) is 5.86. The van der Waals surface area contributed by atoms with Crippen LogP contribution in [-0.2, 0) is 6.54 Å². The summed E-state index contributed by atoms with van der Waals surface area (Å²) < 4.78 is 37.5. The van der Waals surface area contributed by atoms with Gasteiger partial charge in [0.2, 0.25) is 0 Å². The molecule has 0 radical (unpaired) electrons. The predicted molar refractivity (Wildman–Crippen MR) is 66.2 cm³/mol. The zero-order chi connectivity index (χ0) is 14.8. The number of aromatic nitrogens is 2. The lowest BCUT2D eigenvalue weighted by Gasteiger charge is -2.08. The van der Waals surface area contributed by atoms with E-state index in [0.717, 1.165) is 11.2 Å². The number of carbonyl (C=O) groups is 1. The van der Waals surface area contributed by atoms with Gasteiger partial charge in [-0.25, -0.2) is 9.78 Å². The van der Waals surface area contributed by atoms with E-state index in [1.807, 2.05) is 25.3 Å². The van der Waals surface area contributed by atoms with Gasteiger partial charge in [0.1, 0.15) is 12.2 Å². The number of urea groups is 1. The summed E-state index contributed by atoms with van der Waals surface area (Å²) in [6.45, 7) is 0.630. The normalized spacial score (nSPS) is 11.6. The Labute approximate surface area is 112 Å². The summed E-state index contributed by atoms with van der Waals surface area (Å²) in [7, 11) is 0. The van der Waals surface area contributed by atoms with E-state index in [9.17, 15) is 18.0 Å². The number of nitrogens with zero attached hydrogens (tertiary/aromatic N) is 2. The van der Waals surface area contributed by atoms with Crippen LogP contribution >= 0.6 is 0 Å². The molecule has 2 aromatic heterocycles. The van der Waals surface area contributed by atoms with Gasteiger partial charge < -0.3 is 15.0 Å². The molecule has 0 atom stereocenters. The molecule has 2 rings (SSSR count). The molecule has 0 spiro atoms. The second-order valence-corrected chi connectivity index (χ2v) is 4.35. The van der Waals surface area contributed by atoms with Crippen LogP contribution in [0.4, 0.5) is 18.0 Å². The van der Waals surface area contributed by atoms with Gasteiger partial charge in [-0.3, -0.25) is 0 Å². The first-order valence-electron chi connectivity index (χ1n) is 5.86. The molecule has 8 heteroatoms. The van der Waals surface area contributed by atoms with Crippen LogP contribution in [0.2, 0.25) is 0 Å². The van der Waals surface area contributed by atoms with E-state index in [1.54, 1.807) is 15.9 Å². The largest absolute Gasteiger partial charge is 0.405 e. The number of rotatable bonds is 3. The number of fused-ring (bicyclic) bond motifs is 1. The van der Waals surface area contributed by atoms with Crippen LogP contribution in [0.3, 0.4) is 0 Å². The first-order chi connectivity index (χ1) is 9.33. The Morgan fingerprint density at radius 1 is 1.40 bits per heavy atom. The molecule has 20 heavy (non-hydrogen) atoms. The van der Waals surface area contributed by atoms with Crippen LogP contribution in [0.1, 0.15) is 11.3 Å². The maximum absolute atomic E-state index is 11.9. The van der Waals surface area contributed by atoms with Gasteiger partial charge in [-0.05, 0) is 24.6 Å². The molecule has 0 saturated carbocycles. The highest BCUT2D eigenvalue weighted by molar-refractivity contribution is 5.73. The van der Waals surface area contributed by atoms with Gasteiger partial charge >= 0.3 is 12.2 Å². The average Bonchev–Trinajstić information content (AvgIpc) is 2.75. The quantitative estimate of drug-likeness (QED) is 0.906. The summed E-state index contributed by atoms with van der Waals surface area (Å²) in [5, 5.41) is 4.05. The van der Waals surface area contributed by atoms with Gasteiger partial charge in [0, 0.05) is 12.4 Å². The summed E-state index contributed by atoms with van der Waals surface area (Å²) in [5.74, 6) is 0. The number of amides is 2. The standard InChI is InChI=1S/C12H13F3N4O/c1-8-2-3-19-6-9(18-10(19)4-8)5-16-11(20)17-7-12(13,14)15/h2-4,6H,5,7H2,1H3,(H2,16,17,20). The Bertz CT molecular complexity index is 621. The number of imidazole rings is 1. The third-order valence-corrected chi connectivity index (χ3v) is 2.55. The highest BCUT2D eigenvalue weighted by Crippen LogP contribution is 2.12. The predicted octanol–water partition coefficient (Wildman–Crippen LogP) is 2.00. The van der Waals surface area contributed by atoms with Crippen molar-refractivity contribution in [3.63, 3.8) is 0 Å². The van der Waals surface area contributed by atoms with Crippen LogP contribution in [0.25, 0.3) is 5.65 Å². The molecule has 0 saturated heterocycles. The molecule has 0 aliphatic carbocycles. The third-order valence-electron chi connectivity index (χ3n) is 2.55. The summed E-state index contributed by atoms with van der Waals surface area (Å²) in [5.41, 5.74) is 2.33. The molecular weight excluding hydrogens is 273 g/mol. The van der Waals surface area contributed by atoms with Crippen molar-refractivity contribution in [1.29, 1.82) is 0 Å². The fourth-order valence-corrected chi connectivity index (χ4v) is 1.64. The molecule has 2 amide bonds. The molecule has 0 aliphatic rings.